The van der Waals surface area contributed by atoms with Gasteiger partial charge in [-0.15, -0.1) is 0 Å². The van der Waals surface area contributed by atoms with E-state index in [4.69, 9.17) is 19.4 Å². The molecule has 2 aromatic rings. The van der Waals surface area contributed by atoms with Gasteiger partial charge in [-0.1, -0.05) is 29.2 Å². The first-order chi connectivity index (χ1) is 5.77. The van der Waals surface area contributed by atoms with Gasteiger partial charge in [0.25, 0.3) is 0 Å². The van der Waals surface area contributed by atoms with E-state index in [9.17, 15) is 0 Å². The largest absolute Gasteiger partial charge is 0.236 e. The minimum atomic E-state index is 0.437. The van der Waals surface area contributed by atoms with Gasteiger partial charge in [-0.25, -0.2) is 9.97 Å². The summed E-state index contributed by atoms with van der Waals surface area (Å²) in [4.78, 5) is 7.88. The first-order valence-electron chi connectivity index (χ1n) is 3.43. The zero-order valence-corrected chi connectivity index (χ0v) is 6.92. The Morgan fingerprint density at radius 1 is 1.25 bits per heavy atom. The second-order valence-electron chi connectivity index (χ2n) is 2.44. The van der Waals surface area contributed by atoms with Gasteiger partial charge < -0.3 is 0 Å². The van der Waals surface area contributed by atoms with E-state index >= 15 is 0 Å². The van der Waals surface area contributed by atoms with E-state index in [1.54, 1.807) is 12.1 Å². The molecule has 0 saturated carbocycles. The number of aromatic nitrogens is 2. The number of benzene rings is 1. The van der Waals surface area contributed by atoms with Gasteiger partial charge in [-0.2, -0.15) is 0 Å². The SMILES string of the molecule is [B]c1ccc2ncnc(Cl)c2c1. The number of hydrogen-bond acceptors (Lipinski definition) is 2. The molecular weight excluding hydrogens is 170 g/mol. The average molecular weight is 174 g/mol. The number of nitrogens with zero attached hydrogens (tertiary/aromatic N) is 2. The lowest BCUT2D eigenvalue weighted by atomic mass is 9.95. The Morgan fingerprint density at radius 3 is 2.92 bits per heavy atom. The molecule has 4 heteroatoms. The Bertz CT molecular complexity index is 430. The lowest BCUT2D eigenvalue weighted by Gasteiger charge is -1.98. The molecule has 0 spiro atoms. The molecule has 0 fully saturated rings. The molecule has 12 heavy (non-hydrogen) atoms. The summed E-state index contributed by atoms with van der Waals surface area (Å²) < 4.78 is 0. The van der Waals surface area contributed by atoms with Crippen LogP contribution in [0.25, 0.3) is 10.9 Å². The highest BCUT2D eigenvalue weighted by Gasteiger charge is 1.99. The third kappa shape index (κ3) is 1.16. The second-order valence-corrected chi connectivity index (χ2v) is 2.80. The minimum Gasteiger partial charge on any atom is -0.236 e. The lowest BCUT2D eigenvalue weighted by Crippen LogP contribution is -2.00. The van der Waals surface area contributed by atoms with Gasteiger partial charge in [0, 0.05) is 5.39 Å². The van der Waals surface area contributed by atoms with E-state index in [-0.39, 0.29) is 0 Å². The molecule has 0 atom stereocenters. The first-order valence-corrected chi connectivity index (χ1v) is 3.81. The van der Waals surface area contributed by atoms with Gasteiger partial charge >= 0.3 is 0 Å². The van der Waals surface area contributed by atoms with Crippen molar-refractivity contribution in [2.75, 3.05) is 0 Å². The Hall–Kier alpha value is -1.09. The molecule has 0 unspecified atom stereocenters. The summed E-state index contributed by atoms with van der Waals surface area (Å²) in [5, 5.41) is 1.23. The first kappa shape index (κ1) is 7.56. The van der Waals surface area contributed by atoms with Crippen LogP contribution in [-0.2, 0) is 0 Å². The van der Waals surface area contributed by atoms with Gasteiger partial charge in [0.15, 0.2) is 0 Å². The maximum Gasteiger partial charge on any atom is 0.140 e. The number of halogens is 1. The topological polar surface area (TPSA) is 25.8 Å². The van der Waals surface area contributed by atoms with E-state index in [0.29, 0.717) is 10.6 Å². The lowest BCUT2D eigenvalue weighted by molar-refractivity contribution is 1.22. The van der Waals surface area contributed by atoms with Crippen LogP contribution in [0.2, 0.25) is 5.15 Å². The van der Waals surface area contributed by atoms with Crippen LogP contribution < -0.4 is 5.46 Å². The molecule has 0 bridgehead atoms. The monoisotopic (exact) mass is 174 g/mol. The summed E-state index contributed by atoms with van der Waals surface area (Å²) in [7, 11) is 5.58. The Labute approximate surface area is 76.0 Å². The standard InChI is InChI=1S/C8H4BClN2/c9-5-1-2-7-6(3-5)8(10)12-4-11-7/h1-4H. The Kier molecular flexibility index (Phi) is 1.73. The molecule has 2 radical (unpaired) electrons. The highest BCUT2D eigenvalue weighted by Crippen LogP contribution is 2.16. The van der Waals surface area contributed by atoms with Crippen molar-refractivity contribution in [1.29, 1.82) is 0 Å². The molecule has 0 saturated heterocycles. The van der Waals surface area contributed by atoms with Crippen LogP contribution in [0.4, 0.5) is 0 Å². The molecular formula is C8H4BClN2. The summed E-state index contributed by atoms with van der Waals surface area (Å²) in [6.45, 7) is 0. The van der Waals surface area contributed by atoms with Crippen LogP contribution in [0.3, 0.4) is 0 Å². The van der Waals surface area contributed by atoms with E-state index in [1.807, 2.05) is 6.07 Å². The maximum atomic E-state index is 5.82. The normalized spacial score (nSPS) is 10.4. The van der Waals surface area contributed by atoms with Gasteiger partial charge in [-0.05, 0) is 6.07 Å². The van der Waals surface area contributed by atoms with Crippen molar-refractivity contribution in [3.63, 3.8) is 0 Å². The van der Waals surface area contributed by atoms with Crippen LogP contribution in [0.5, 0.6) is 0 Å². The fraction of sp³-hybridized carbons (Fsp3) is 0. The molecule has 1 aromatic carbocycles. The van der Waals surface area contributed by atoms with Crippen molar-refractivity contribution >= 4 is 35.8 Å². The van der Waals surface area contributed by atoms with Crippen molar-refractivity contribution in [3.8, 4) is 0 Å². The molecule has 1 aromatic heterocycles. The van der Waals surface area contributed by atoms with Crippen LogP contribution in [0.15, 0.2) is 24.5 Å². The van der Waals surface area contributed by atoms with Crippen LogP contribution >= 0.6 is 11.6 Å². The molecule has 2 nitrogen and oxygen atoms in total. The van der Waals surface area contributed by atoms with Crippen molar-refractivity contribution in [3.05, 3.63) is 29.7 Å². The zero-order chi connectivity index (χ0) is 8.55. The fourth-order valence-electron chi connectivity index (χ4n) is 1.04. The zero-order valence-electron chi connectivity index (χ0n) is 6.16. The fourth-order valence-corrected chi connectivity index (χ4v) is 1.24. The Morgan fingerprint density at radius 2 is 2.08 bits per heavy atom. The van der Waals surface area contributed by atoms with E-state index < -0.39 is 0 Å². The maximum absolute atomic E-state index is 5.82. The summed E-state index contributed by atoms with van der Waals surface area (Å²) in [5.41, 5.74) is 1.48. The molecule has 0 aliphatic rings. The van der Waals surface area contributed by atoms with Gasteiger partial charge in [-0.3, -0.25) is 0 Å². The molecule has 0 N–H and O–H groups in total. The van der Waals surface area contributed by atoms with E-state index in [2.05, 4.69) is 9.97 Å². The van der Waals surface area contributed by atoms with Crippen LogP contribution in [0.1, 0.15) is 0 Å². The summed E-state index contributed by atoms with van der Waals surface area (Å²) >= 11 is 5.82. The number of fused-ring (bicyclic) bond motifs is 1. The molecule has 2 rings (SSSR count). The second kappa shape index (κ2) is 2.75. The molecule has 0 aliphatic carbocycles. The predicted molar refractivity (Wildman–Crippen MR) is 49.9 cm³/mol. The number of rotatable bonds is 0. The van der Waals surface area contributed by atoms with Crippen molar-refractivity contribution < 1.29 is 0 Å². The number of hydrogen-bond donors (Lipinski definition) is 0. The average Bonchev–Trinajstić information content (AvgIpc) is 2.07. The van der Waals surface area contributed by atoms with Gasteiger partial charge in [0.05, 0.1) is 5.52 Å². The minimum absolute atomic E-state index is 0.437. The summed E-state index contributed by atoms with van der Waals surface area (Å²) in [6, 6.07) is 5.36. The molecule has 0 amide bonds. The summed E-state index contributed by atoms with van der Waals surface area (Å²) in [6.07, 6.45) is 1.43. The van der Waals surface area contributed by atoms with Crippen LogP contribution in [0, 0.1) is 0 Å². The van der Waals surface area contributed by atoms with Gasteiger partial charge in [0.2, 0.25) is 0 Å². The third-order valence-electron chi connectivity index (χ3n) is 1.61. The van der Waals surface area contributed by atoms with Gasteiger partial charge in [0.1, 0.15) is 19.3 Å². The smallest absolute Gasteiger partial charge is 0.140 e. The molecule has 0 aliphatic heterocycles. The highest BCUT2D eigenvalue weighted by molar-refractivity contribution is 6.36. The van der Waals surface area contributed by atoms with E-state index in [0.717, 1.165) is 10.9 Å². The summed E-state index contributed by atoms with van der Waals surface area (Å²) in [5.74, 6) is 0. The predicted octanol–water partition coefficient (Wildman–Crippen LogP) is 1.08. The highest BCUT2D eigenvalue weighted by atomic mass is 35.5. The molecule has 56 valence electrons. The third-order valence-corrected chi connectivity index (χ3v) is 1.91. The van der Waals surface area contributed by atoms with Crippen molar-refractivity contribution in [1.82, 2.24) is 9.97 Å². The molecule has 1 heterocycles. The Balaban J connectivity index is 2.88. The van der Waals surface area contributed by atoms with Crippen molar-refractivity contribution in [2.24, 2.45) is 0 Å². The van der Waals surface area contributed by atoms with Crippen molar-refractivity contribution in [2.45, 2.75) is 0 Å². The quantitative estimate of drug-likeness (QED) is 0.441. The van der Waals surface area contributed by atoms with E-state index in [1.165, 1.54) is 6.33 Å². The van der Waals surface area contributed by atoms with Crippen LogP contribution in [-0.4, -0.2) is 17.8 Å².